The highest BCUT2D eigenvalue weighted by atomic mass is 16.4. The van der Waals surface area contributed by atoms with Gasteiger partial charge in [-0.25, -0.2) is 0 Å². The number of carboxylic acids is 1. The van der Waals surface area contributed by atoms with Crippen molar-refractivity contribution in [2.24, 2.45) is 4.99 Å². The molecule has 4 rings (SSSR count). The molecule has 1 aromatic heterocycles. The lowest BCUT2D eigenvalue weighted by Gasteiger charge is -2.21. The maximum absolute atomic E-state index is 12.5. The number of rotatable bonds is 12. The lowest BCUT2D eigenvalue weighted by molar-refractivity contribution is -0.139. The fourth-order valence-electron chi connectivity index (χ4n) is 4.57. The minimum Gasteiger partial charge on any atom is -0.508 e. The van der Waals surface area contributed by atoms with Gasteiger partial charge in [0.1, 0.15) is 18.0 Å². The Hall–Kier alpha value is -4.21. The Bertz CT molecular complexity index is 1410. The highest BCUT2D eigenvalue weighted by Crippen LogP contribution is 2.27. The molecule has 0 bridgehead atoms. The van der Waals surface area contributed by atoms with Crippen molar-refractivity contribution in [3.05, 3.63) is 59.3 Å². The topological polar surface area (TPSA) is 224 Å². The highest BCUT2D eigenvalue weighted by molar-refractivity contribution is 5.94. The maximum Gasteiger partial charge on any atom is 0.322 e. The lowest BCUT2D eigenvalue weighted by Crippen LogP contribution is -2.48. The Morgan fingerprint density at radius 2 is 1.98 bits per heavy atom. The molecule has 1 aliphatic rings. The zero-order chi connectivity index (χ0) is 29.5. The number of aromatic nitrogens is 1. The normalized spacial score (nSPS) is 17.3. The molecule has 4 atom stereocenters. The number of carboxylic acid groups (broad SMARTS) is 1. The molecule has 11 N–H and O–H groups in total. The van der Waals surface area contributed by atoms with Crippen molar-refractivity contribution in [1.29, 1.82) is 0 Å². The van der Waals surface area contributed by atoms with E-state index in [0.29, 0.717) is 29.4 Å². The average Bonchev–Trinajstić information content (AvgIpc) is 3.33. The number of hydrogen-bond donors (Lipinski definition) is 11. The highest BCUT2D eigenvalue weighted by Gasteiger charge is 2.24. The van der Waals surface area contributed by atoms with Crippen molar-refractivity contribution in [3.8, 4) is 5.75 Å². The van der Waals surface area contributed by atoms with E-state index in [9.17, 15) is 35.1 Å². The molecule has 0 saturated heterocycles. The molecule has 0 spiro atoms. The number of para-hydroxylation sites is 1. The lowest BCUT2D eigenvalue weighted by atomic mass is 10.1. The smallest absolute Gasteiger partial charge is 0.322 e. The fourth-order valence-corrected chi connectivity index (χ4v) is 4.57. The molecule has 1 aliphatic heterocycles. The molecule has 0 aliphatic carbocycles. The molecule has 0 fully saturated rings. The maximum atomic E-state index is 12.5. The number of aromatic hydroxyl groups is 1. The van der Waals surface area contributed by atoms with E-state index in [1.807, 2.05) is 24.3 Å². The van der Waals surface area contributed by atoms with Crippen LogP contribution in [-0.4, -0.2) is 86.7 Å². The first kappa shape index (κ1) is 29.8. The van der Waals surface area contributed by atoms with E-state index in [4.69, 9.17) is 0 Å². The summed E-state index contributed by atoms with van der Waals surface area (Å²) in [6, 6.07) is 10.2. The SMILES string of the molecule is CC(NC(CNC(=O)CNC(O)c1cc(O)cc(NC2=NCC(O)CN2)c1)C(=O)O)c1[nH]c2ccccc2c1CO. The number of fused-ring (bicyclic) bond motifs is 1. The summed E-state index contributed by atoms with van der Waals surface area (Å²) in [5, 5.41) is 64.6. The van der Waals surface area contributed by atoms with Crippen molar-refractivity contribution in [2.75, 3.05) is 31.5 Å². The number of aliphatic hydroxyl groups excluding tert-OH is 3. The van der Waals surface area contributed by atoms with Gasteiger partial charge in [0, 0.05) is 58.6 Å². The number of guanidine groups is 1. The Kier molecular flexibility index (Phi) is 9.75. The summed E-state index contributed by atoms with van der Waals surface area (Å²) >= 11 is 0. The Morgan fingerprint density at radius 3 is 2.68 bits per heavy atom. The largest absolute Gasteiger partial charge is 0.508 e. The van der Waals surface area contributed by atoms with Gasteiger partial charge in [-0.3, -0.25) is 25.2 Å². The number of phenols is 1. The van der Waals surface area contributed by atoms with E-state index in [1.165, 1.54) is 12.1 Å². The van der Waals surface area contributed by atoms with E-state index < -0.39 is 36.3 Å². The van der Waals surface area contributed by atoms with Crippen LogP contribution in [0.3, 0.4) is 0 Å². The molecular weight excluding hydrogens is 534 g/mol. The van der Waals surface area contributed by atoms with E-state index in [1.54, 1.807) is 13.0 Å². The second-order valence-electron chi connectivity index (χ2n) is 9.75. The fraction of sp³-hybridized carbons (Fsp3) is 0.370. The molecular formula is C27H35N7O7. The van der Waals surface area contributed by atoms with Crippen molar-refractivity contribution < 1.29 is 35.1 Å². The first-order valence-corrected chi connectivity index (χ1v) is 13.1. The van der Waals surface area contributed by atoms with E-state index in [2.05, 4.69) is 36.6 Å². The predicted molar refractivity (Wildman–Crippen MR) is 151 cm³/mol. The molecule has 1 amide bonds. The second-order valence-corrected chi connectivity index (χ2v) is 9.75. The van der Waals surface area contributed by atoms with Gasteiger partial charge in [0.25, 0.3) is 0 Å². The van der Waals surface area contributed by atoms with Crippen molar-refractivity contribution in [3.63, 3.8) is 0 Å². The summed E-state index contributed by atoms with van der Waals surface area (Å²) < 4.78 is 0. The van der Waals surface area contributed by atoms with Crippen LogP contribution in [0.5, 0.6) is 5.75 Å². The third-order valence-corrected chi connectivity index (χ3v) is 6.63. The van der Waals surface area contributed by atoms with Crippen molar-refractivity contribution in [2.45, 2.75) is 37.9 Å². The number of anilines is 1. The van der Waals surface area contributed by atoms with Crippen LogP contribution in [0.25, 0.3) is 10.9 Å². The zero-order valence-corrected chi connectivity index (χ0v) is 22.4. The van der Waals surface area contributed by atoms with Gasteiger partial charge in [-0.2, -0.15) is 0 Å². The summed E-state index contributed by atoms with van der Waals surface area (Å²) in [5.74, 6) is -1.44. The van der Waals surface area contributed by atoms with Crippen LogP contribution in [0, 0.1) is 0 Å². The van der Waals surface area contributed by atoms with Gasteiger partial charge in [0.2, 0.25) is 5.91 Å². The minimum absolute atomic E-state index is 0.129. The van der Waals surface area contributed by atoms with Crippen molar-refractivity contribution >= 4 is 34.4 Å². The van der Waals surface area contributed by atoms with Gasteiger partial charge in [0.15, 0.2) is 5.96 Å². The summed E-state index contributed by atoms with van der Waals surface area (Å²) in [6.07, 6.45) is -1.90. The molecule has 14 heteroatoms. The number of phenolic OH excluding ortho intramolecular Hbond substituents is 1. The van der Waals surface area contributed by atoms with Gasteiger partial charge < -0.3 is 46.5 Å². The van der Waals surface area contributed by atoms with Crippen LogP contribution in [-0.2, 0) is 16.2 Å². The molecule has 0 saturated carbocycles. The number of amides is 1. The van der Waals surface area contributed by atoms with Gasteiger partial charge in [-0.05, 0) is 25.1 Å². The Labute approximate surface area is 235 Å². The van der Waals surface area contributed by atoms with Crippen molar-refractivity contribution in [1.82, 2.24) is 26.3 Å². The first-order chi connectivity index (χ1) is 19.6. The van der Waals surface area contributed by atoms with E-state index in [-0.39, 0.29) is 37.6 Å². The summed E-state index contributed by atoms with van der Waals surface area (Å²) in [7, 11) is 0. The van der Waals surface area contributed by atoms with E-state index in [0.717, 1.165) is 10.9 Å². The summed E-state index contributed by atoms with van der Waals surface area (Å²) in [5.41, 5.74) is 2.84. The number of nitrogens with one attached hydrogen (secondary N) is 6. The first-order valence-electron chi connectivity index (χ1n) is 13.1. The number of aliphatic hydroxyl groups is 3. The average molecular weight is 570 g/mol. The molecule has 14 nitrogen and oxygen atoms in total. The van der Waals surface area contributed by atoms with Gasteiger partial charge in [-0.1, -0.05) is 18.2 Å². The van der Waals surface area contributed by atoms with Crippen LogP contribution in [0.4, 0.5) is 5.69 Å². The number of H-pyrrole nitrogens is 1. The Balaban J connectivity index is 1.30. The third-order valence-electron chi connectivity index (χ3n) is 6.63. The number of benzene rings is 2. The van der Waals surface area contributed by atoms with Crippen LogP contribution in [0.1, 0.15) is 36.0 Å². The number of β-amino-alcohol motifs (C(OH)–C–C–N with tert-alkyl or cyclic N) is 1. The van der Waals surface area contributed by atoms with Crippen LogP contribution < -0.4 is 26.6 Å². The van der Waals surface area contributed by atoms with E-state index >= 15 is 0 Å². The molecule has 220 valence electrons. The number of nitrogens with zero attached hydrogens (tertiary/aromatic N) is 1. The van der Waals surface area contributed by atoms with Crippen LogP contribution in [0.2, 0.25) is 0 Å². The predicted octanol–water partition coefficient (Wildman–Crippen LogP) is -0.401. The van der Waals surface area contributed by atoms with Gasteiger partial charge in [0.05, 0.1) is 25.8 Å². The monoisotopic (exact) mass is 569 g/mol. The minimum atomic E-state index is -1.32. The third kappa shape index (κ3) is 7.71. The number of hydrogen-bond acceptors (Lipinski definition) is 11. The molecule has 3 aromatic rings. The molecule has 0 radical (unpaired) electrons. The number of aliphatic imine (C=N–C) groups is 1. The molecule has 4 unspecified atom stereocenters. The number of aromatic amines is 1. The number of carbonyl (C=O) groups excluding carboxylic acids is 1. The number of aliphatic carboxylic acids is 1. The van der Waals surface area contributed by atoms with Gasteiger partial charge in [-0.15, -0.1) is 0 Å². The van der Waals surface area contributed by atoms with Crippen LogP contribution >= 0.6 is 0 Å². The molecule has 2 heterocycles. The Morgan fingerprint density at radius 1 is 1.20 bits per heavy atom. The van der Waals surface area contributed by atoms with Gasteiger partial charge >= 0.3 is 5.97 Å². The molecule has 41 heavy (non-hydrogen) atoms. The number of carbonyl (C=O) groups is 2. The quantitative estimate of drug-likeness (QED) is 0.126. The standard InChI is InChI=1S/C27H35N7O7/c1-14(24-20(13-35)19-4-2-3-5-21(19)34-24)32-22(26(40)41)11-28-23(38)12-29-25(39)15-6-16(8-17(36)7-15)33-27-30-9-18(37)10-31-27/h2-8,14,18,22,25,29,32,34-37,39H,9-13H2,1H3,(H,28,38)(H,40,41)(H2,30,31,33). The summed E-state index contributed by atoms with van der Waals surface area (Å²) in [6.45, 7) is 1.53. The molecule has 2 aromatic carbocycles. The summed E-state index contributed by atoms with van der Waals surface area (Å²) in [4.78, 5) is 31.7. The zero-order valence-electron chi connectivity index (χ0n) is 22.4. The second kappa shape index (κ2) is 13.4. The van der Waals surface area contributed by atoms with Crippen LogP contribution in [0.15, 0.2) is 47.5 Å².